The molecule has 1 aliphatic heterocycles. The molecule has 0 saturated heterocycles. The number of imide groups is 1. The van der Waals surface area contributed by atoms with Crippen LogP contribution in [0.15, 0.2) is 42.5 Å². The number of halogens is 1. The molecule has 0 unspecified atom stereocenters. The fourth-order valence-electron chi connectivity index (χ4n) is 2.81. The molecule has 2 amide bonds. The van der Waals surface area contributed by atoms with E-state index in [1.54, 1.807) is 24.3 Å². The predicted molar refractivity (Wildman–Crippen MR) is 94.0 cm³/mol. The molecule has 0 radical (unpaired) electrons. The molecule has 6 nitrogen and oxygen atoms in total. The lowest BCUT2D eigenvalue weighted by Crippen LogP contribution is -2.44. The number of carbonyl (C=O) groups excluding carboxylic acids is 3. The summed E-state index contributed by atoms with van der Waals surface area (Å²) in [6.45, 7) is 3.04. The minimum atomic E-state index is -1.08. The zero-order valence-electron chi connectivity index (χ0n) is 14.9. The molecule has 1 atom stereocenters. The number of ether oxygens (including phenoxy) is 2. The van der Waals surface area contributed by atoms with E-state index in [9.17, 15) is 18.8 Å². The Kier molecular flexibility index (Phi) is 5.21. The van der Waals surface area contributed by atoms with Gasteiger partial charge in [0, 0.05) is 0 Å². The summed E-state index contributed by atoms with van der Waals surface area (Å²) < 4.78 is 23.7. The lowest BCUT2D eigenvalue weighted by atomic mass is 10.1. The number of amides is 2. The van der Waals surface area contributed by atoms with E-state index in [1.165, 1.54) is 25.1 Å². The van der Waals surface area contributed by atoms with E-state index in [2.05, 4.69) is 0 Å². The van der Waals surface area contributed by atoms with Crippen molar-refractivity contribution >= 4 is 17.8 Å². The topological polar surface area (TPSA) is 72.9 Å². The highest BCUT2D eigenvalue weighted by atomic mass is 19.1. The number of benzene rings is 2. The molecular weight excluding hydrogens is 353 g/mol. The summed E-state index contributed by atoms with van der Waals surface area (Å²) in [7, 11) is 0. The maximum atomic E-state index is 13.4. The van der Waals surface area contributed by atoms with Crippen LogP contribution >= 0.6 is 0 Å². The average molecular weight is 371 g/mol. The van der Waals surface area contributed by atoms with Crippen molar-refractivity contribution in [3.8, 4) is 5.75 Å². The zero-order chi connectivity index (χ0) is 19.6. The Morgan fingerprint density at radius 3 is 2.52 bits per heavy atom. The van der Waals surface area contributed by atoms with E-state index in [0.717, 1.165) is 10.5 Å². The van der Waals surface area contributed by atoms with Gasteiger partial charge < -0.3 is 9.47 Å². The van der Waals surface area contributed by atoms with Crippen molar-refractivity contribution in [1.29, 1.82) is 0 Å². The molecule has 0 aliphatic carbocycles. The smallest absolute Gasteiger partial charge is 0.329 e. The SMILES string of the molecule is Cc1ccc2c(c1)C(=O)N([C@@H](C)C(=O)OCCOc1ccccc1F)C2=O. The van der Waals surface area contributed by atoms with Gasteiger partial charge in [-0.2, -0.15) is 0 Å². The first kappa shape index (κ1) is 18.6. The summed E-state index contributed by atoms with van der Waals surface area (Å²) in [5.74, 6) is -2.25. The van der Waals surface area contributed by atoms with Crippen LogP contribution < -0.4 is 4.74 Å². The second kappa shape index (κ2) is 7.57. The molecule has 2 aromatic carbocycles. The van der Waals surface area contributed by atoms with Crippen LogP contribution in [0.1, 0.15) is 33.2 Å². The van der Waals surface area contributed by atoms with Crippen molar-refractivity contribution in [3.05, 3.63) is 65.0 Å². The zero-order valence-corrected chi connectivity index (χ0v) is 14.9. The lowest BCUT2D eigenvalue weighted by Gasteiger charge is -2.20. The number of hydrogen-bond acceptors (Lipinski definition) is 5. The fraction of sp³-hybridized carbons (Fsp3) is 0.250. The summed E-state index contributed by atoms with van der Waals surface area (Å²) in [6.07, 6.45) is 0. The Balaban J connectivity index is 1.57. The van der Waals surface area contributed by atoms with Crippen LogP contribution in [-0.4, -0.2) is 41.9 Å². The van der Waals surface area contributed by atoms with E-state index in [4.69, 9.17) is 9.47 Å². The van der Waals surface area contributed by atoms with E-state index < -0.39 is 29.6 Å². The Hall–Kier alpha value is -3.22. The van der Waals surface area contributed by atoms with Gasteiger partial charge in [-0.1, -0.05) is 23.8 Å². The quantitative estimate of drug-likeness (QED) is 0.444. The van der Waals surface area contributed by atoms with Crippen molar-refractivity contribution in [2.24, 2.45) is 0 Å². The van der Waals surface area contributed by atoms with Crippen molar-refractivity contribution in [3.63, 3.8) is 0 Å². The van der Waals surface area contributed by atoms with Crippen LogP contribution in [0.25, 0.3) is 0 Å². The van der Waals surface area contributed by atoms with E-state index in [-0.39, 0.29) is 30.1 Å². The third kappa shape index (κ3) is 3.67. The highest BCUT2D eigenvalue weighted by Crippen LogP contribution is 2.26. The first-order valence-corrected chi connectivity index (χ1v) is 8.42. The molecule has 0 bridgehead atoms. The van der Waals surface area contributed by atoms with Crippen LogP contribution in [0.5, 0.6) is 5.75 Å². The molecule has 0 saturated carbocycles. The first-order chi connectivity index (χ1) is 12.9. The number of rotatable bonds is 6. The minimum absolute atomic E-state index is 0.0531. The molecule has 1 heterocycles. The van der Waals surface area contributed by atoms with Gasteiger partial charge in [0.25, 0.3) is 11.8 Å². The van der Waals surface area contributed by atoms with E-state index in [0.29, 0.717) is 0 Å². The molecule has 0 fully saturated rings. The van der Waals surface area contributed by atoms with Gasteiger partial charge in [0.15, 0.2) is 11.6 Å². The summed E-state index contributed by atoms with van der Waals surface area (Å²) >= 11 is 0. The highest BCUT2D eigenvalue weighted by molar-refractivity contribution is 6.22. The molecule has 0 aromatic heterocycles. The summed E-state index contributed by atoms with van der Waals surface area (Å²) in [6, 6.07) is 9.72. The molecule has 0 spiro atoms. The van der Waals surface area contributed by atoms with Gasteiger partial charge in [-0.25, -0.2) is 9.18 Å². The van der Waals surface area contributed by atoms with Crippen LogP contribution in [0.3, 0.4) is 0 Å². The number of esters is 1. The lowest BCUT2D eigenvalue weighted by molar-refractivity contribution is -0.148. The predicted octanol–water partition coefficient (Wildman–Crippen LogP) is 2.74. The maximum absolute atomic E-state index is 13.4. The standard InChI is InChI=1S/C20H18FNO5/c1-12-7-8-14-15(11-12)19(24)22(18(14)23)13(2)20(25)27-10-9-26-17-6-4-3-5-16(17)21/h3-8,11,13H,9-10H2,1-2H3/t13-/m0/s1. The fourth-order valence-corrected chi connectivity index (χ4v) is 2.81. The van der Waals surface area contributed by atoms with Gasteiger partial charge >= 0.3 is 5.97 Å². The minimum Gasteiger partial charge on any atom is -0.487 e. The normalized spacial score (nSPS) is 14.1. The first-order valence-electron chi connectivity index (χ1n) is 8.42. The van der Waals surface area contributed by atoms with Gasteiger partial charge in [-0.3, -0.25) is 14.5 Å². The number of nitrogens with zero attached hydrogens (tertiary/aromatic N) is 1. The number of fused-ring (bicyclic) bond motifs is 1. The molecular formula is C20H18FNO5. The molecule has 7 heteroatoms. The van der Waals surface area contributed by atoms with Crippen LogP contribution in [0, 0.1) is 12.7 Å². The molecule has 0 N–H and O–H groups in total. The number of aryl methyl sites for hydroxylation is 1. The Bertz CT molecular complexity index is 911. The largest absolute Gasteiger partial charge is 0.487 e. The summed E-state index contributed by atoms with van der Waals surface area (Å²) in [5.41, 5.74) is 1.40. The van der Waals surface area contributed by atoms with Gasteiger partial charge in [-0.05, 0) is 38.1 Å². The summed E-state index contributed by atoms with van der Waals surface area (Å²) in [5, 5.41) is 0. The van der Waals surface area contributed by atoms with Gasteiger partial charge in [0.2, 0.25) is 0 Å². The maximum Gasteiger partial charge on any atom is 0.329 e. The van der Waals surface area contributed by atoms with Gasteiger partial charge in [0.05, 0.1) is 11.1 Å². The average Bonchev–Trinajstić information content (AvgIpc) is 2.89. The van der Waals surface area contributed by atoms with Crippen molar-refractivity contribution in [1.82, 2.24) is 4.90 Å². The number of carbonyl (C=O) groups is 3. The molecule has 3 rings (SSSR count). The molecule has 2 aromatic rings. The molecule has 140 valence electrons. The Morgan fingerprint density at radius 1 is 1.07 bits per heavy atom. The Morgan fingerprint density at radius 2 is 1.78 bits per heavy atom. The van der Waals surface area contributed by atoms with Gasteiger partial charge in [0.1, 0.15) is 19.3 Å². The molecule has 1 aliphatic rings. The van der Waals surface area contributed by atoms with E-state index in [1.807, 2.05) is 6.92 Å². The van der Waals surface area contributed by atoms with Crippen LogP contribution in [-0.2, 0) is 9.53 Å². The number of para-hydroxylation sites is 1. The van der Waals surface area contributed by atoms with Crippen LogP contribution in [0.4, 0.5) is 4.39 Å². The molecule has 27 heavy (non-hydrogen) atoms. The van der Waals surface area contributed by atoms with E-state index >= 15 is 0 Å². The van der Waals surface area contributed by atoms with Gasteiger partial charge in [-0.15, -0.1) is 0 Å². The second-order valence-corrected chi connectivity index (χ2v) is 6.15. The highest BCUT2D eigenvalue weighted by Gasteiger charge is 2.41. The summed E-state index contributed by atoms with van der Waals surface area (Å²) in [4.78, 5) is 38.0. The Labute approximate surface area is 155 Å². The third-order valence-electron chi connectivity index (χ3n) is 4.22. The van der Waals surface area contributed by atoms with Crippen molar-refractivity contribution in [2.75, 3.05) is 13.2 Å². The van der Waals surface area contributed by atoms with Crippen molar-refractivity contribution < 1.29 is 28.2 Å². The third-order valence-corrected chi connectivity index (χ3v) is 4.22. The van der Waals surface area contributed by atoms with Crippen molar-refractivity contribution in [2.45, 2.75) is 19.9 Å². The second-order valence-electron chi connectivity index (χ2n) is 6.15. The monoisotopic (exact) mass is 371 g/mol. The van der Waals surface area contributed by atoms with Crippen LogP contribution in [0.2, 0.25) is 0 Å². The number of hydrogen-bond donors (Lipinski definition) is 0.